The van der Waals surface area contributed by atoms with Gasteiger partial charge in [-0.05, 0) is 18.9 Å². The summed E-state index contributed by atoms with van der Waals surface area (Å²) in [5.41, 5.74) is 0.908. The first kappa shape index (κ1) is 18.6. The zero-order valence-electron chi connectivity index (χ0n) is 16.3. The van der Waals surface area contributed by atoms with Crippen LogP contribution in [0, 0.1) is 0 Å². The maximum Gasteiger partial charge on any atom is 0.318 e. The van der Waals surface area contributed by atoms with Gasteiger partial charge in [-0.2, -0.15) is 4.98 Å². The highest BCUT2D eigenvalue weighted by Crippen LogP contribution is 2.34. The molecule has 0 radical (unpaired) electrons. The van der Waals surface area contributed by atoms with Crippen LogP contribution in [-0.2, 0) is 6.54 Å². The summed E-state index contributed by atoms with van der Waals surface area (Å²) in [5, 5.41) is 7.10. The summed E-state index contributed by atoms with van der Waals surface area (Å²) in [6.45, 7) is 6.31. The van der Waals surface area contributed by atoms with E-state index in [9.17, 15) is 4.79 Å². The van der Waals surface area contributed by atoms with Gasteiger partial charge in [0, 0.05) is 31.0 Å². The normalized spacial score (nSPS) is 19.0. The fourth-order valence-corrected chi connectivity index (χ4v) is 3.56. The number of fused-ring (bicyclic) bond motifs is 1. The molecule has 1 saturated heterocycles. The Morgan fingerprint density at radius 2 is 2.14 bits per heavy atom. The largest absolute Gasteiger partial charge is 0.490 e. The van der Waals surface area contributed by atoms with Crippen LogP contribution in [0.25, 0.3) is 0 Å². The molecule has 2 amide bonds. The molecule has 28 heavy (non-hydrogen) atoms. The second-order valence-electron chi connectivity index (χ2n) is 7.45. The number of nitrogens with zero attached hydrogens (tertiary/aromatic N) is 3. The van der Waals surface area contributed by atoms with Gasteiger partial charge < -0.3 is 24.2 Å². The maximum absolute atomic E-state index is 12.8. The van der Waals surface area contributed by atoms with Crippen molar-refractivity contribution < 1.29 is 18.8 Å². The predicted molar refractivity (Wildman–Crippen MR) is 101 cm³/mol. The highest BCUT2D eigenvalue weighted by molar-refractivity contribution is 5.75. The van der Waals surface area contributed by atoms with Gasteiger partial charge >= 0.3 is 6.03 Å². The van der Waals surface area contributed by atoms with Crippen molar-refractivity contribution in [1.29, 1.82) is 0 Å². The van der Waals surface area contributed by atoms with Gasteiger partial charge in [0.2, 0.25) is 5.89 Å². The van der Waals surface area contributed by atoms with Gasteiger partial charge in [-0.25, -0.2) is 4.79 Å². The minimum Gasteiger partial charge on any atom is -0.490 e. The van der Waals surface area contributed by atoms with E-state index >= 15 is 0 Å². The van der Waals surface area contributed by atoms with Crippen LogP contribution < -0.4 is 14.8 Å². The molecule has 2 aliphatic rings. The highest BCUT2D eigenvalue weighted by Gasteiger charge is 2.33. The molecule has 1 fully saturated rings. The average molecular weight is 386 g/mol. The van der Waals surface area contributed by atoms with E-state index in [4.69, 9.17) is 14.0 Å². The number of carbonyl (C=O) groups excluding carboxylic acids is 1. The molecule has 150 valence electrons. The van der Waals surface area contributed by atoms with Crippen LogP contribution in [0.3, 0.4) is 0 Å². The molecule has 2 aromatic rings. The molecular formula is C20H26N4O4. The molecule has 4 rings (SSSR count). The zero-order valence-corrected chi connectivity index (χ0v) is 16.3. The van der Waals surface area contributed by atoms with Crippen molar-refractivity contribution in [1.82, 2.24) is 20.4 Å². The van der Waals surface area contributed by atoms with Gasteiger partial charge in [0.05, 0.1) is 19.3 Å². The minimum atomic E-state index is -0.149. The van der Waals surface area contributed by atoms with Crippen LogP contribution in [-0.4, -0.2) is 40.8 Å². The summed E-state index contributed by atoms with van der Waals surface area (Å²) >= 11 is 0. The van der Waals surface area contributed by atoms with Crippen molar-refractivity contribution in [3.8, 4) is 11.5 Å². The maximum atomic E-state index is 12.8. The van der Waals surface area contributed by atoms with Crippen molar-refractivity contribution >= 4 is 6.03 Å². The number of hydrogen-bond donors (Lipinski definition) is 1. The second-order valence-corrected chi connectivity index (χ2v) is 7.45. The molecule has 3 heterocycles. The topological polar surface area (TPSA) is 89.7 Å². The third-order valence-corrected chi connectivity index (χ3v) is 5.05. The number of para-hydroxylation sites is 1. The van der Waals surface area contributed by atoms with E-state index in [0.29, 0.717) is 38.0 Å². The number of benzene rings is 1. The first-order valence-corrected chi connectivity index (χ1v) is 9.89. The SMILES string of the molecule is CC(C)c1nc(C2CCCN2C(=O)NCc2cccc3c2OCCCO3)no1. The molecular weight excluding hydrogens is 360 g/mol. The molecule has 1 aromatic heterocycles. The molecule has 1 N–H and O–H groups in total. The van der Waals surface area contributed by atoms with E-state index < -0.39 is 0 Å². The number of nitrogens with one attached hydrogen (secondary N) is 1. The van der Waals surface area contributed by atoms with Gasteiger partial charge in [0.25, 0.3) is 0 Å². The molecule has 2 aliphatic heterocycles. The number of likely N-dealkylation sites (tertiary alicyclic amines) is 1. The van der Waals surface area contributed by atoms with Crippen LogP contribution in [0.15, 0.2) is 22.7 Å². The summed E-state index contributed by atoms with van der Waals surface area (Å²) < 4.78 is 16.9. The molecule has 0 bridgehead atoms. The van der Waals surface area contributed by atoms with E-state index in [0.717, 1.165) is 36.3 Å². The molecule has 8 heteroatoms. The van der Waals surface area contributed by atoms with E-state index in [2.05, 4.69) is 15.5 Å². The standard InChI is InChI=1S/C20H26N4O4/c1-13(2)19-22-18(23-28-19)15-7-4-9-24(15)20(25)21-12-14-6-3-8-16-17(14)27-11-5-10-26-16/h3,6,8,13,15H,4-5,7,9-12H2,1-2H3,(H,21,25). The summed E-state index contributed by atoms with van der Waals surface area (Å²) in [6.07, 6.45) is 2.60. The van der Waals surface area contributed by atoms with E-state index in [1.165, 1.54) is 0 Å². The van der Waals surface area contributed by atoms with E-state index in [-0.39, 0.29) is 18.0 Å². The van der Waals surface area contributed by atoms with Crippen LogP contribution in [0.5, 0.6) is 11.5 Å². The average Bonchev–Trinajstić information content (AvgIpc) is 3.30. The Kier molecular flexibility index (Phi) is 5.36. The molecule has 1 unspecified atom stereocenters. The molecule has 0 spiro atoms. The quantitative estimate of drug-likeness (QED) is 0.866. The smallest absolute Gasteiger partial charge is 0.318 e. The van der Waals surface area contributed by atoms with Crippen molar-refractivity contribution in [3.63, 3.8) is 0 Å². The van der Waals surface area contributed by atoms with Crippen molar-refractivity contribution in [2.75, 3.05) is 19.8 Å². The van der Waals surface area contributed by atoms with Gasteiger partial charge in [0.15, 0.2) is 17.3 Å². The highest BCUT2D eigenvalue weighted by atomic mass is 16.5. The minimum absolute atomic E-state index is 0.134. The third-order valence-electron chi connectivity index (χ3n) is 5.05. The Bertz CT molecular complexity index is 835. The summed E-state index contributed by atoms with van der Waals surface area (Å²) in [4.78, 5) is 19.1. The predicted octanol–water partition coefficient (Wildman–Crippen LogP) is 3.40. The third kappa shape index (κ3) is 3.76. The first-order chi connectivity index (χ1) is 13.6. The van der Waals surface area contributed by atoms with Crippen LogP contribution in [0.2, 0.25) is 0 Å². The van der Waals surface area contributed by atoms with Gasteiger partial charge in [-0.15, -0.1) is 0 Å². The number of aromatic nitrogens is 2. The number of rotatable bonds is 4. The van der Waals surface area contributed by atoms with E-state index in [1.54, 1.807) is 4.90 Å². The Balaban J connectivity index is 1.43. The molecule has 0 saturated carbocycles. The van der Waals surface area contributed by atoms with Gasteiger partial charge in [-0.3, -0.25) is 0 Å². The summed E-state index contributed by atoms with van der Waals surface area (Å²) in [6, 6.07) is 5.48. The lowest BCUT2D eigenvalue weighted by Gasteiger charge is -2.23. The molecule has 1 aromatic carbocycles. The Labute approximate surface area is 164 Å². The Hall–Kier alpha value is -2.77. The fourth-order valence-electron chi connectivity index (χ4n) is 3.56. The summed E-state index contributed by atoms with van der Waals surface area (Å²) in [5.74, 6) is 2.81. The fraction of sp³-hybridized carbons (Fsp3) is 0.550. The number of urea groups is 1. The molecule has 1 atom stereocenters. The lowest BCUT2D eigenvalue weighted by molar-refractivity contribution is 0.189. The van der Waals surface area contributed by atoms with Gasteiger partial charge in [0.1, 0.15) is 0 Å². The number of hydrogen-bond acceptors (Lipinski definition) is 6. The molecule has 0 aliphatic carbocycles. The number of carbonyl (C=O) groups is 1. The lowest BCUT2D eigenvalue weighted by atomic mass is 10.2. The van der Waals surface area contributed by atoms with Crippen LogP contribution in [0.1, 0.15) is 62.3 Å². The van der Waals surface area contributed by atoms with Crippen molar-refractivity contribution in [2.24, 2.45) is 0 Å². The lowest BCUT2D eigenvalue weighted by Crippen LogP contribution is -2.39. The summed E-state index contributed by atoms with van der Waals surface area (Å²) in [7, 11) is 0. The van der Waals surface area contributed by atoms with Gasteiger partial charge in [-0.1, -0.05) is 31.1 Å². The van der Waals surface area contributed by atoms with E-state index in [1.807, 2.05) is 32.0 Å². The Morgan fingerprint density at radius 3 is 2.96 bits per heavy atom. The van der Waals surface area contributed by atoms with Crippen molar-refractivity contribution in [2.45, 2.75) is 51.6 Å². The van der Waals surface area contributed by atoms with Crippen molar-refractivity contribution in [3.05, 3.63) is 35.5 Å². The molecule has 8 nitrogen and oxygen atoms in total. The monoisotopic (exact) mass is 386 g/mol. The van der Waals surface area contributed by atoms with Crippen LogP contribution in [0.4, 0.5) is 4.79 Å². The Morgan fingerprint density at radius 1 is 1.29 bits per heavy atom. The first-order valence-electron chi connectivity index (χ1n) is 9.89. The number of amides is 2. The van der Waals surface area contributed by atoms with Crippen LogP contribution >= 0.6 is 0 Å². The number of ether oxygens (including phenoxy) is 2. The second kappa shape index (κ2) is 8.08. The zero-order chi connectivity index (χ0) is 19.5.